The van der Waals surface area contributed by atoms with Crippen molar-refractivity contribution in [2.45, 2.75) is 6.92 Å². The van der Waals surface area contributed by atoms with Gasteiger partial charge in [0.2, 0.25) is 0 Å². The minimum atomic E-state index is -0.413. The fourth-order valence-corrected chi connectivity index (χ4v) is 1.31. The van der Waals surface area contributed by atoms with Gasteiger partial charge in [0.1, 0.15) is 5.69 Å². The molecule has 0 radical (unpaired) electrons. The smallest absolute Gasteiger partial charge is 0.356 e. The molecule has 2 aromatic heterocycles. The van der Waals surface area contributed by atoms with Gasteiger partial charge >= 0.3 is 5.97 Å². The Morgan fingerprint density at radius 2 is 2.38 bits per heavy atom. The molecule has 0 unspecified atom stereocenters. The maximum absolute atomic E-state index is 11.5. The Labute approximate surface area is 92.7 Å². The molecular weight excluding hydrogens is 206 g/mol. The highest BCUT2D eigenvalue weighted by atomic mass is 16.5. The second-order valence-electron chi connectivity index (χ2n) is 3.09. The summed E-state index contributed by atoms with van der Waals surface area (Å²) in [4.78, 5) is 19.4. The van der Waals surface area contributed by atoms with Crippen LogP contribution in [-0.2, 0) is 4.74 Å². The first-order valence-electron chi connectivity index (χ1n) is 4.92. The lowest BCUT2D eigenvalue weighted by Gasteiger charge is -2.04. The van der Waals surface area contributed by atoms with Crippen molar-refractivity contribution in [1.82, 2.24) is 14.5 Å². The van der Waals surface area contributed by atoms with Gasteiger partial charge in [0.05, 0.1) is 18.6 Å². The third-order valence-corrected chi connectivity index (χ3v) is 2.03. The second-order valence-corrected chi connectivity index (χ2v) is 3.09. The molecule has 2 aromatic rings. The number of esters is 1. The lowest BCUT2D eigenvalue weighted by molar-refractivity contribution is 0.0519. The van der Waals surface area contributed by atoms with Crippen molar-refractivity contribution in [2.75, 3.05) is 6.61 Å². The number of hydrogen-bond acceptors (Lipinski definition) is 4. The van der Waals surface area contributed by atoms with E-state index in [2.05, 4.69) is 9.97 Å². The molecule has 0 aromatic carbocycles. The molecule has 2 rings (SSSR count). The molecule has 0 aliphatic heterocycles. The molecule has 0 aliphatic rings. The topological polar surface area (TPSA) is 57.0 Å². The van der Waals surface area contributed by atoms with E-state index < -0.39 is 5.97 Å². The third kappa shape index (κ3) is 2.08. The summed E-state index contributed by atoms with van der Waals surface area (Å²) < 4.78 is 6.67. The summed E-state index contributed by atoms with van der Waals surface area (Å²) in [5.41, 5.74) is 1.13. The molecule has 0 amide bonds. The summed E-state index contributed by atoms with van der Waals surface area (Å²) in [7, 11) is 0. The first-order chi connectivity index (χ1) is 7.81. The van der Waals surface area contributed by atoms with Gasteiger partial charge in [0, 0.05) is 18.6 Å². The van der Waals surface area contributed by atoms with Gasteiger partial charge < -0.3 is 9.30 Å². The van der Waals surface area contributed by atoms with E-state index in [1.807, 2.05) is 0 Å². The quantitative estimate of drug-likeness (QED) is 0.730. The fourth-order valence-electron chi connectivity index (χ4n) is 1.31. The maximum atomic E-state index is 11.5. The number of nitrogens with zero attached hydrogens (tertiary/aromatic N) is 3. The Balaban J connectivity index is 2.30. The highest BCUT2D eigenvalue weighted by molar-refractivity contribution is 5.87. The van der Waals surface area contributed by atoms with Crippen LogP contribution in [0.3, 0.4) is 0 Å². The van der Waals surface area contributed by atoms with Gasteiger partial charge in [-0.05, 0) is 19.1 Å². The summed E-state index contributed by atoms with van der Waals surface area (Å²) in [6.07, 6.45) is 6.70. The normalized spacial score (nSPS) is 10.1. The average molecular weight is 217 g/mol. The molecule has 5 heteroatoms. The Morgan fingerprint density at radius 1 is 1.50 bits per heavy atom. The molecular formula is C11H11N3O2. The Hall–Kier alpha value is -2.17. The number of aromatic nitrogens is 3. The van der Waals surface area contributed by atoms with Gasteiger partial charge in [-0.2, -0.15) is 0 Å². The van der Waals surface area contributed by atoms with E-state index in [9.17, 15) is 4.79 Å². The largest absolute Gasteiger partial charge is 0.461 e. The van der Waals surface area contributed by atoms with E-state index >= 15 is 0 Å². The molecule has 82 valence electrons. The molecule has 0 saturated carbocycles. The van der Waals surface area contributed by atoms with Gasteiger partial charge in [-0.15, -0.1) is 0 Å². The monoisotopic (exact) mass is 217 g/mol. The number of ether oxygens (including phenoxy) is 1. The zero-order valence-corrected chi connectivity index (χ0v) is 8.83. The van der Waals surface area contributed by atoms with Crippen molar-refractivity contribution in [2.24, 2.45) is 0 Å². The van der Waals surface area contributed by atoms with Crippen LogP contribution < -0.4 is 0 Å². The highest BCUT2D eigenvalue weighted by Crippen LogP contribution is 2.08. The zero-order valence-electron chi connectivity index (χ0n) is 8.83. The molecule has 0 N–H and O–H groups in total. The van der Waals surface area contributed by atoms with Gasteiger partial charge in [-0.25, -0.2) is 14.8 Å². The third-order valence-electron chi connectivity index (χ3n) is 2.03. The average Bonchev–Trinajstić information content (AvgIpc) is 2.83. The van der Waals surface area contributed by atoms with Crippen LogP contribution in [0.2, 0.25) is 0 Å². The molecule has 0 saturated heterocycles. The van der Waals surface area contributed by atoms with Crippen LogP contribution in [0, 0.1) is 0 Å². The Morgan fingerprint density at radius 3 is 3.06 bits per heavy atom. The summed E-state index contributed by atoms with van der Waals surface area (Å²) in [5, 5.41) is 0. The number of carbonyl (C=O) groups excluding carboxylic acids is 1. The van der Waals surface area contributed by atoms with Crippen molar-refractivity contribution in [3.63, 3.8) is 0 Å². The van der Waals surface area contributed by atoms with Gasteiger partial charge in [-0.3, -0.25) is 0 Å². The van der Waals surface area contributed by atoms with Crippen molar-refractivity contribution in [3.05, 3.63) is 42.7 Å². The second kappa shape index (κ2) is 4.57. The Kier molecular flexibility index (Phi) is 2.95. The van der Waals surface area contributed by atoms with Crippen LogP contribution in [-0.4, -0.2) is 27.1 Å². The minimum Gasteiger partial charge on any atom is -0.461 e. The number of rotatable bonds is 3. The highest BCUT2D eigenvalue weighted by Gasteiger charge is 2.08. The lowest BCUT2D eigenvalue weighted by atomic mass is 10.3. The van der Waals surface area contributed by atoms with E-state index in [-0.39, 0.29) is 0 Å². The molecule has 16 heavy (non-hydrogen) atoms. The number of hydrogen-bond donors (Lipinski definition) is 0. The van der Waals surface area contributed by atoms with Gasteiger partial charge in [0.15, 0.2) is 0 Å². The summed E-state index contributed by atoms with van der Waals surface area (Å²) >= 11 is 0. The van der Waals surface area contributed by atoms with Crippen LogP contribution in [0.15, 0.2) is 37.1 Å². The van der Waals surface area contributed by atoms with Crippen molar-refractivity contribution >= 4 is 5.97 Å². The number of pyridine rings is 1. The van der Waals surface area contributed by atoms with E-state index in [4.69, 9.17) is 4.74 Å². The minimum absolute atomic E-state index is 0.299. The first-order valence-corrected chi connectivity index (χ1v) is 4.92. The molecule has 0 bridgehead atoms. The number of carbonyl (C=O) groups is 1. The van der Waals surface area contributed by atoms with Crippen molar-refractivity contribution < 1.29 is 9.53 Å². The predicted octanol–water partition coefficient (Wildman–Crippen LogP) is 1.44. The predicted molar refractivity (Wildman–Crippen MR) is 57.3 cm³/mol. The lowest BCUT2D eigenvalue weighted by Crippen LogP contribution is -2.07. The SMILES string of the molecule is CCOC(=O)c1cc(-n2ccnc2)ccn1. The van der Waals surface area contributed by atoms with Crippen molar-refractivity contribution in [3.8, 4) is 5.69 Å². The molecule has 0 spiro atoms. The maximum Gasteiger partial charge on any atom is 0.356 e. The molecule has 0 fully saturated rings. The summed E-state index contributed by atoms with van der Waals surface area (Å²) in [6.45, 7) is 2.10. The van der Waals surface area contributed by atoms with Crippen LogP contribution in [0.1, 0.15) is 17.4 Å². The van der Waals surface area contributed by atoms with E-state index in [0.29, 0.717) is 12.3 Å². The molecule has 0 aliphatic carbocycles. The van der Waals surface area contributed by atoms with E-state index in [0.717, 1.165) is 5.69 Å². The fraction of sp³-hybridized carbons (Fsp3) is 0.182. The molecule has 5 nitrogen and oxygen atoms in total. The van der Waals surface area contributed by atoms with Crippen LogP contribution >= 0.6 is 0 Å². The zero-order chi connectivity index (χ0) is 11.4. The van der Waals surface area contributed by atoms with Gasteiger partial charge in [-0.1, -0.05) is 0 Å². The molecule has 0 atom stereocenters. The van der Waals surface area contributed by atoms with E-state index in [1.165, 1.54) is 0 Å². The van der Waals surface area contributed by atoms with Crippen molar-refractivity contribution in [1.29, 1.82) is 0 Å². The Bertz CT molecular complexity index is 480. The summed E-state index contributed by atoms with van der Waals surface area (Å²) in [5.74, 6) is -0.413. The van der Waals surface area contributed by atoms with Crippen LogP contribution in [0.25, 0.3) is 5.69 Å². The van der Waals surface area contributed by atoms with Gasteiger partial charge in [0.25, 0.3) is 0 Å². The standard InChI is InChI=1S/C11H11N3O2/c1-2-16-11(15)10-7-9(3-4-13-10)14-6-5-12-8-14/h3-8H,2H2,1H3. The summed E-state index contributed by atoms with van der Waals surface area (Å²) in [6, 6.07) is 3.46. The number of imidazole rings is 1. The molecule has 2 heterocycles. The first kappa shape index (κ1) is 10.4. The van der Waals surface area contributed by atoms with Crippen LogP contribution in [0.5, 0.6) is 0 Å². The van der Waals surface area contributed by atoms with E-state index in [1.54, 1.807) is 48.5 Å². The van der Waals surface area contributed by atoms with Crippen LogP contribution in [0.4, 0.5) is 0 Å².